The minimum atomic E-state index is 0.0156. The average Bonchev–Trinajstić information content (AvgIpc) is 2.24. The zero-order valence-electron chi connectivity index (χ0n) is 11.4. The van der Waals surface area contributed by atoms with Gasteiger partial charge in [-0.2, -0.15) is 0 Å². The van der Waals surface area contributed by atoms with E-state index < -0.39 is 0 Å². The minimum absolute atomic E-state index is 0.0156. The smallest absolute Gasteiger partial charge is 0.123 e. The molecule has 0 spiro atoms. The first-order valence-electron chi connectivity index (χ1n) is 5.91. The third-order valence-electron chi connectivity index (χ3n) is 2.50. The van der Waals surface area contributed by atoms with Crippen LogP contribution in [0.3, 0.4) is 0 Å². The Morgan fingerprint density at radius 2 is 1.94 bits per heavy atom. The van der Waals surface area contributed by atoms with Crippen LogP contribution in [0.1, 0.15) is 33.3 Å². The van der Waals surface area contributed by atoms with Gasteiger partial charge >= 0.3 is 0 Å². The standard InChI is InChI=1S/C14H23NO2/c1-10(15)9-17-13-7-6-11(16-5)8-12(13)14(2,3)4/h6-8,10H,9,15H2,1-5H3/t10-/m1/s1. The Morgan fingerprint density at radius 3 is 2.41 bits per heavy atom. The third kappa shape index (κ3) is 3.93. The van der Waals surface area contributed by atoms with Crippen LogP contribution in [0.4, 0.5) is 0 Å². The molecule has 0 unspecified atom stereocenters. The molecule has 0 bridgehead atoms. The second-order valence-corrected chi connectivity index (χ2v) is 5.40. The fraction of sp³-hybridized carbons (Fsp3) is 0.571. The summed E-state index contributed by atoms with van der Waals surface area (Å²) in [5.74, 6) is 1.73. The maximum Gasteiger partial charge on any atom is 0.123 e. The van der Waals surface area contributed by atoms with Gasteiger partial charge in [0.15, 0.2) is 0 Å². The van der Waals surface area contributed by atoms with E-state index in [1.54, 1.807) is 7.11 Å². The van der Waals surface area contributed by atoms with Gasteiger partial charge in [-0.1, -0.05) is 20.8 Å². The molecule has 0 saturated carbocycles. The van der Waals surface area contributed by atoms with Gasteiger partial charge in [0.05, 0.1) is 7.11 Å². The molecule has 1 atom stereocenters. The van der Waals surface area contributed by atoms with Crippen LogP contribution in [0.15, 0.2) is 18.2 Å². The van der Waals surface area contributed by atoms with Crippen LogP contribution in [0.2, 0.25) is 0 Å². The maximum atomic E-state index is 5.74. The Bertz CT molecular complexity index is 367. The highest BCUT2D eigenvalue weighted by Gasteiger charge is 2.20. The first-order chi connectivity index (χ1) is 7.84. The number of benzene rings is 1. The van der Waals surface area contributed by atoms with Gasteiger partial charge < -0.3 is 15.2 Å². The van der Waals surface area contributed by atoms with E-state index in [0.717, 1.165) is 17.1 Å². The van der Waals surface area contributed by atoms with Crippen molar-refractivity contribution in [3.8, 4) is 11.5 Å². The Balaban J connectivity index is 3.03. The Kier molecular flexibility index (Phi) is 4.40. The number of nitrogens with two attached hydrogens (primary N) is 1. The fourth-order valence-electron chi connectivity index (χ4n) is 1.57. The predicted octanol–water partition coefficient (Wildman–Crippen LogP) is 2.72. The number of rotatable bonds is 4. The second kappa shape index (κ2) is 5.41. The van der Waals surface area contributed by atoms with Gasteiger partial charge in [-0.05, 0) is 30.5 Å². The van der Waals surface area contributed by atoms with Crippen molar-refractivity contribution in [2.75, 3.05) is 13.7 Å². The molecule has 1 rings (SSSR count). The van der Waals surface area contributed by atoms with Gasteiger partial charge in [-0.15, -0.1) is 0 Å². The van der Waals surface area contributed by atoms with Crippen LogP contribution in [0, 0.1) is 0 Å². The molecule has 0 aliphatic rings. The maximum absolute atomic E-state index is 5.74. The summed E-state index contributed by atoms with van der Waals surface area (Å²) in [4.78, 5) is 0. The lowest BCUT2D eigenvalue weighted by atomic mass is 9.86. The lowest BCUT2D eigenvalue weighted by molar-refractivity contribution is 0.288. The summed E-state index contributed by atoms with van der Waals surface area (Å²) in [5, 5.41) is 0. The fourth-order valence-corrected chi connectivity index (χ4v) is 1.57. The van der Waals surface area contributed by atoms with E-state index in [0.29, 0.717) is 6.61 Å². The summed E-state index contributed by atoms with van der Waals surface area (Å²) in [5.41, 5.74) is 6.86. The van der Waals surface area contributed by atoms with Gasteiger partial charge in [0.2, 0.25) is 0 Å². The van der Waals surface area contributed by atoms with Crippen LogP contribution in [-0.4, -0.2) is 19.8 Å². The molecule has 1 aromatic rings. The Labute approximate surface area is 104 Å². The summed E-state index contributed by atoms with van der Waals surface area (Å²) in [7, 11) is 1.67. The first kappa shape index (κ1) is 13.8. The van der Waals surface area contributed by atoms with Crippen molar-refractivity contribution in [1.82, 2.24) is 0 Å². The van der Waals surface area contributed by atoms with Gasteiger partial charge in [0.1, 0.15) is 18.1 Å². The van der Waals surface area contributed by atoms with Crippen molar-refractivity contribution in [3.63, 3.8) is 0 Å². The third-order valence-corrected chi connectivity index (χ3v) is 2.50. The molecular weight excluding hydrogens is 214 g/mol. The van der Waals surface area contributed by atoms with Crippen LogP contribution in [-0.2, 0) is 5.41 Å². The van der Waals surface area contributed by atoms with Crippen molar-refractivity contribution < 1.29 is 9.47 Å². The summed E-state index contributed by atoms with van der Waals surface area (Å²) in [6, 6.07) is 5.91. The highest BCUT2D eigenvalue weighted by molar-refractivity contribution is 5.44. The quantitative estimate of drug-likeness (QED) is 0.875. The van der Waals surface area contributed by atoms with Crippen LogP contribution < -0.4 is 15.2 Å². The Morgan fingerprint density at radius 1 is 1.29 bits per heavy atom. The molecule has 0 aromatic heterocycles. The van der Waals surface area contributed by atoms with Crippen molar-refractivity contribution in [2.24, 2.45) is 5.73 Å². The van der Waals surface area contributed by atoms with E-state index in [1.165, 1.54) is 0 Å². The lowest BCUT2D eigenvalue weighted by Gasteiger charge is -2.24. The zero-order valence-corrected chi connectivity index (χ0v) is 11.4. The molecule has 0 radical (unpaired) electrons. The highest BCUT2D eigenvalue weighted by atomic mass is 16.5. The van der Waals surface area contributed by atoms with Crippen LogP contribution in [0.5, 0.6) is 11.5 Å². The summed E-state index contributed by atoms with van der Waals surface area (Å²) < 4.78 is 11.0. The van der Waals surface area contributed by atoms with Crippen molar-refractivity contribution in [1.29, 1.82) is 0 Å². The van der Waals surface area contributed by atoms with Gasteiger partial charge in [0, 0.05) is 11.6 Å². The molecule has 3 heteroatoms. The summed E-state index contributed by atoms with van der Waals surface area (Å²) in [6.45, 7) is 8.91. The predicted molar refractivity (Wildman–Crippen MR) is 70.8 cm³/mol. The minimum Gasteiger partial charge on any atom is -0.497 e. The number of ether oxygens (including phenoxy) is 2. The molecule has 0 aliphatic carbocycles. The summed E-state index contributed by atoms with van der Waals surface area (Å²) in [6.07, 6.45) is 0. The van der Waals surface area contributed by atoms with Crippen LogP contribution >= 0.6 is 0 Å². The van der Waals surface area contributed by atoms with Crippen molar-refractivity contribution in [2.45, 2.75) is 39.2 Å². The van der Waals surface area contributed by atoms with Crippen molar-refractivity contribution in [3.05, 3.63) is 23.8 Å². The molecule has 17 heavy (non-hydrogen) atoms. The number of hydrogen-bond donors (Lipinski definition) is 1. The number of hydrogen-bond acceptors (Lipinski definition) is 3. The van der Waals surface area contributed by atoms with E-state index in [2.05, 4.69) is 20.8 Å². The van der Waals surface area contributed by atoms with Crippen molar-refractivity contribution >= 4 is 0 Å². The molecule has 2 N–H and O–H groups in total. The highest BCUT2D eigenvalue weighted by Crippen LogP contribution is 2.34. The van der Waals surface area contributed by atoms with Crippen LogP contribution in [0.25, 0.3) is 0 Å². The van der Waals surface area contributed by atoms with Gasteiger partial charge in [-0.3, -0.25) is 0 Å². The van der Waals surface area contributed by atoms with Gasteiger partial charge in [0.25, 0.3) is 0 Å². The molecule has 0 amide bonds. The average molecular weight is 237 g/mol. The van der Waals surface area contributed by atoms with E-state index in [9.17, 15) is 0 Å². The lowest BCUT2D eigenvalue weighted by Crippen LogP contribution is -2.24. The molecule has 0 aliphatic heterocycles. The molecular formula is C14H23NO2. The largest absolute Gasteiger partial charge is 0.497 e. The van der Waals surface area contributed by atoms with E-state index in [-0.39, 0.29) is 11.5 Å². The van der Waals surface area contributed by atoms with E-state index in [4.69, 9.17) is 15.2 Å². The Hall–Kier alpha value is -1.22. The summed E-state index contributed by atoms with van der Waals surface area (Å²) >= 11 is 0. The molecule has 0 heterocycles. The van der Waals surface area contributed by atoms with E-state index >= 15 is 0 Å². The second-order valence-electron chi connectivity index (χ2n) is 5.40. The molecule has 3 nitrogen and oxygen atoms in total. The molecule has 96 valence electrons. The SMILES string of the molecule is COc1ccc(OC[C@@H](C)N)c(C(C)(C)C)c1. The first-order valence-corrected chi connectivity index (χ1v) is 5.91. The molecule has 0 fully saturated rings. The topological polar surface area (TPSA) is 44.5 Å². The molecule has 0 saturated heterocycles. The van der Waals surface area contributed by atoms with E-state index in [1.807, 2.05) is 25.1 Å². The number of methoxy groups -OCH3 is 1. The normalized spacial score (nSPS) is 13.3. The monoisotopic (exact) mass is 237 g/mol. The zero-order chi connectivity index (χ0) is 13.1. The molecule has 1 aromatic carbocycles. The van der Waals surface area contributed by atoms with Gasteiger partial charge in [-0.25, -0.2) is 0 Å².